The lowest BCUT2D eigenvalue weighted by Gasteiger charge is -2.32. The molecule has 1 aromatic carbocycles. The van der Waals surface area contributed by atoms with Gasteiger partial charge in [0.25, 0.3) is 0 Å². The van der Waals surface area contributed by atoms with Crippen LogP contribution in [0, 0.1) is 17.7 Å². The zero-order valence-electron chi connectivity index (χ0n) is 15.2. The van der Waals surface area contributed by atoms with Crippen LogP contribution in [0.15, 0.2) is 24.3 Å². The number of benzene rings is 1. The average molecular weight is 351 g/mol. The minimum atomic E-state index is -0.735. The quantitative estimate of drug-likeness (QED) is 0.664. The van der Waals surface area contributed by atoms with Gasteiger partial charge in [-0.3, -0.25) is 4.79 Å². The molecule has 3 N–H and O–H groups in total. The molecule has 0 aromatic heterocycles. The van der Waals surface area contributed by atoms with Gasteiger partial charge >= 0.3 is 5.97 Å². The Morgan fingerprint density at radius 2 is 2.00 bits per heavy atom. The maximum absolute atomic E-state index is 13.2. The molecule has 1 fully saturated rings. The summed E-state index contributed by atoms with van der Waals surface area (Å²) in [7, 11) is 0. The number of aliphatic carboxylic acids is 1. The maximum atomic E-state index is 13.2. The Bertz CT molecular complexity index is 568. The van der Waals surface area contributed by atoms with Crippen LogP contribution in [-0.2, 0) is 4.79 Å². The number of aliphatic hydroxyl groups excluding tert-OH is 1. The van der Waals surface area contributed by atoms with E-state index in [0.29, 0.717) is 18.0 Å². The minimum Gasteiger partial charge on any atom is -0.481 e. The smallest absolute Gasteiger partial charge is 0.306 e. The molecule has 0 aliphatic heterocycles. The molecule has 0 unspecified atom stereocenters. The molecule has 0 spiro atoms. The van der Waals surface area contributed by atoms with Crippen molar-refractivity contribution in [3.05, 3.63) is 35.6 Å². The number of nitrogens with one attached hydrogen (secondary N) is 1. The highest BCUT2D eigenvalue weighted by Gasteiger charge is 2.27. The first-order valence-corrected chi connectivity index (χ1v) is 9.18. The van der Waals surface area contributed by atoms with Gasteiger partial charge in [0.2, 0.25) is 0 Å². The van der Waals surface area contributed by atoms with Crippen molar-refractivity contribution in [2.45, 2.75) is 64.0 Å². The maximum Gasteiger partial charge on any atom is 0.306 e. The number of β-amino-alcohol motifs (C(OH)–C–C–N with tert-alkyl or cyclic N) is 1. The number of hydrogen-bond acceptors (Lipinski definition) is 3. The molecule has 1 aliphatic rings. The van der Waals surface area contributed by atoms with Crippen LogP contribution in [0.2, 0.25) is 0 Å². The zero-order chi connectivity index (χ0) is 18.4. The van der Waals surface area contributed by atoms with E-state index in [1.54, 1.807) is 12.1 Å². The lowest BCUT2D eigenvalue weighted by molar-refractivity contribution is -0.143. The molecule has 0 heterocycles. The van der Waals surface area contributed by atoms with Crippen LogP contribution in [0.1, 0.15) is 64.0 Å². The molecule has 0 saturated heterocycles. The molecule has 1 atom stereocenters. The Kier molecular flexibility index (Phi) is 6.96. The van der Waals surface area contributed by atoms with E-state index in [1.165, 1.54) is 12.1 Å². The van der Waals surface area contributed by atoms with Crippen LogP contribution in [0.3, 0.4) is 0 Å². The summed E-state index contributed by atoms with van der Waals surface area (Å²) in [5.41, 5.74) is 0.452. The molecular weight excluding hydrogens is 321 g/mol. The molecular formula is C20H30FNO3. The van der Waals surface area contributed by atoms with Gasteiger partial charge in [-0.1, -0.05) is 12.1 Å². The highest BCUT2D eigenvalue weighted by molar-refractivity contribution is 5.69. The van der Waals surface area contributed by atoms with Gasteiger partial charge < -0.3 is 15.5 Å². The molecule has 1 saturated carbocycles. The average Bonchev–Trinajstić information content (AvgIpc) is 2.58. The van der Waals surface area contributed by atoms with Crippen LogP contribution in [0.5, 0.6) is 0 Å². The van der Waals surface area contributed by atoms with E-state index in [9.17, 15) is 14.3 Å². The van der Waals surface area contributed by atoms with Crippen LogP contribution < -0.4 is 5.32 Å². The summed E-state index contributed by atoms with van der Waals surface area (Å²) < 4.78 is 13.2. The summed E-state index contributed by atoms with van der Waals surface area (Å²) in [6, 6.07) is 6.06. The van der Waals surface area contributed by atoms with Gasteiger partial charge in [0.1, 0.15) is 5.82 Å². The molecule has 140 valence electrons. The van der Waals surface area contributed by atoms with Crippen molar-refractivity contribution < 1.29 is 19.4 Å². The number of hydrogen-bond donors (Lipinski definition) is 3. The third-order valence-corrected chi connectivity index (χ3v) is 5.38. The number of carbonyl (C=O) groups is 1. The summed E-state index contributed by atoms with van der Waals surface area (Å²) in [4.78, 5) is 11.0. The van der Waals surface area contributed by atoms with Crippen LogP contribution in [0.4, 0.5) is 4.39 Å². The molecule has 5 heteroatoms. The van der Waals surface area contributed by atoms with Crippen LogP contribution in [0.25, 0.3) is 0 Å². The van der Waals surface area contributed by atoms with E-state index in [4.69, 9.17) is 5.11 Å². The number of carboxylic acids is 1. The molecule has 2 rings (SSSR count). The highest BCUT2D eigenvalue weighted by Crippen LogP contribution is 2.33. The number of rotatable bonds is 8. The monoisotopic (exact) mass is 351 g/mol. The minimum absolute atomic E-state index is 0.127. The second-order valence-electron chi connectivity index (χ2n) is 7.93. The zero-order valence-corrected chi connectivity index (χ0v) is 15.2. The van der Waals surface area contributed by atoms with Crippen molar-refractivity contribution >= 4 is 5.97 Å². The molecule has 0 radical (unpaired) electrons. The summed E-state index contributed by atoms with van der Waals surface area (Å²) in [5, 5.41) is 22.7. The van der Waals surface area contributed by atoms with Crippen LogP contribution in [-0.4, -0.2) is 28.3 Å². The van der Waals surface area contributed by atoms with Crippen molar-refractivity contribution in [2.24, 2.45) is 11.8 Å². The second-order valence-corrected chi connectivity index (χ2v) is 7.93. The van der Waals surface area contributed by atoms with E-state index in [1.807, 2.05) is 0 Å². The first-order chi connectivity index (χ1) is 11.8. The van der Waals surface area contributed by atoms with Gasteiger partial charge in [-0.2, -0.15) is 0 Å². The van der Waals surface area contributed by atoms with Gasteiger partial charge in [0, 0.05) is 12.1 Å². The Balaban J connectivity index is 1.73. The van der Waals surface area contributed by atoms with E-state index in [0.717, 1.165) is 38.5 Å². The molecule has 1 aliphatic carbocycles. The first-order valence-electron chi connectivity index (χ1n) is 9.18. The molecule has 0 bridgehead atoms. The number of halogens is 1. The summed E-state index contributed by atoms with van der Waals surface area (Å²) in [6.45, 7) is 4.59. The van der Waals surface area contributed by atoms with Crippen molar-refractivity contribution in [1.29, 1.82) is 0 Å². The van der Waals surface area contributed by atoms with E-state index >= 15 is 0 Å². The van der Waals surface area contributed by atoms with Crippen LogP contribution >= 0.6 is 0 Å². The van der Waals surface area contributed by atoms with E-state index in [-0.39, 0.29) is 17.3 Å². The lowest BCUT2D eigenvalue weighted by atomic mass is 9.78. The van der Waals surface area contributed by atoms with Crippen molar-refractivity contribution in [2.75, 3.05) is 6.54 Å². The predicted octanol–water partition coefficient (Wildman–Crippen LogP) is 3.90. The lowest BCUT2D eigenvalue weighted by Crippen LogP contribution is -2.42. The summed E-state index contributed by atoms with van der Waals surface area (Å²) in [6.07, 6.45) is 4.82. The van der Waals surface area contributed by atoms with Gasteiger partial charge in [-0.25, -0.2) is 4.39 Å². The van der Waals surface area contributed by atoms with Gasteiger partial charge in [-0.15, -0.1) is 0 Å². The SMILES string of the molecule is CC(C)(CCC1CCC(C(=O)O)CC1)NC[C@H](O)c1cccc(F)c1. The van der Waals surface area contributed by atoms with Gasteiger partial charge in [0.15, 0.2) is 0 Å². The fourth-order valence-electron chi connectivity index (χ4n) is 3.56. The van der Waals surface area contributed by atoms with Gasteiger partial charge in [0.05, 0.1) is 12.0 Å². The largest absolute Gasteiger partial charge is 0.481 e. The third-order valence-electron chi connectivity index (χ3n) is 5.38. The fraction of sp³-hybridized carbons (Fsp3) is 0.650. The predicted molar refractivity (Wildman–Crippen MR) is 95.8 cm³/mol. The third kappa shape index (κ3) is 6.40. The standard InChI is InChI=1S/C20H30FNO3/c1-20(2,11-10-14-6-8-15(9-7-14)19(24)25)22-13-18(23)16-4-3-5-17(21)12-16/h3-5,12,14-15,18,22-23H,6-11,13H2,1-2H3,(H,24,25)/t14?,15?,18-/m0/s1. The Morgan fingerprint density at radius 1 is 1.32 bits per heavy atom. The molecule has 4 nitrogen and oxygen atoms in total. The Morgan fingerprint density at radius 3 is 2.60 bits per heavy atom. The Hall–Kier alpha value is -1.46. The van der Waals surface area contributed by atoms with E-state index in [2.05, 4.69) is 19.2 Å². The topological polar surface area (TPSA) is 69.6 Å². The van der Waals surface area contributed by atoms with Crippen molar-refractivity contribution in [1.82, 2.24) is 5.32 Å². The summed E-state index contributed by atoms with van der Waals surface area (Å²) in [5.74, 6) is -0.576. The highest BCUT2D eigenvalue weighted by atomic mass is 19.1. The second kappa shape index (κ2) is 8.77. The fourth-order valence-corrected chi connectivity index (χ4v) is 3.56. The van der Waals surface area contributed by atoms with E-state index < -0.39 is 12.1 Å². The molecule has 0 amide bonds. The molecule has 1 aromatic rings. The van der Waals surface area contributed by atoms with Crippen molar-refractivity contribution in [3.63, 3.8) is 0 Å². The van der Waals surface area contributed by atoms with Crippen molar-refractivity contribution in [3.8, 4) is 0 Å². The number of aliphatic hydroxyl groups is 1. The number of carboxylic acid groups (broad SMARTS) is 1. The Labute approximate surface area is 149 Å². The summed E-state index contributed by atoms with van der Waals surface area (Å²) >= 11 is 0. The first kappa shape index (κ1) is 19.9. The molecule has 25 heavy (non-hydrogen) atoms. The van der Waals surface area contributed by atoms with Gasteiger partial charge in [-0.05, 0) is 76.0 Å². The normalized spacial score (nSPS) is 22.6.